The van der Waals surface area contributed by atoms with E-state index < -0.39 is 0 Å². The zero-order chi connectivity index (χ0) is 15.4. The van der Waals surface area contributed by atoms with Gasteiger partial charge in [0.25, 0.3) is 0 Å². The van der Waals surface area contributed by atoms with Crippen LogP contribution in [0.4, 0.5) is 0 Å². The van der Waals surface area contributed by atoms with E-state index >= 15 is 0 Å². The van der Waals surface area contributed by atoms with Crippen molar-refractivity contribution >= 4 is 18.3 Å². The Morgan fingerprint density at radius 1 is 1.17 bits per heavy atom. The van der Waals surface area contributed by atoms with Crippen molar-refractivity contribution in [2.24, 2.45) is 0 Å². The number of fused-ring (bicyclic) bond motifs is 2. The van der Waals surface area contributed by atoms with Crippen LogP contribution in [0.3, 0.4) is 0 Å². The quantitative estimate of drug-likeness (QED) is 0.893. The number of nitrogens with one attached hydrogen (secondary N) is 1. The van der Waals surface area contributed by atoms with Gasteiger partial charge in [-0.1, -0.05) is 0 Å². The van der Waals surface area contributed by atoms with Crippen molar-refractivity contribution in [1.29, 1.82) is 0 Å². The van der Waals surface area contributed by atoms with E-state index in [1.54, 1.807) is 7.11 Å². The minimum absolute atomic E-state index is 0. The second-order valence-electron chi connectivity index (χ2n) is 5.95. The molecule has 2 aliphatic rings. The van der Waals surface area contributed by atoms with Gasteiger partial charge in [-0.25, -0.2) is 0 Å². The van der Waals surface area contributed by atoms with E-state index in [1.807, 2.05) is 24.3 Å². The van der Waals surface area contributed by atoms with E-state index in [0.29, 0.717) is 25.1 Å². The summed E-state index contributed by atoms with van der Waals surface area (Å²) in [7, 11) is 1.64. The lowest BCUT2D eigenvalue weighted by Gasteiger charge is -2.28. The number of rotatable bonds is 5. The molecule has 2 heterocycles. The van der Waals surface area contributed by atoms with Gasteiger partial charge in [-0.3, -0.25) is 4.79 Å². The Hall–Kier alpha value is -1.46. The SMILES string of the molecule is COc1ccc(OCCC(=O)N2C3CCNCC2CC3)cc1.Cl. The molecule has 23 heavy (non-hydrogen) atoms. The van der Waals surface area contributed by atoms with Crippen molar-refractivity contribution in [3.05, 3.63) is 24.3 Å². The minimum atomic E-state index is 0. The van der Waals surface area contributed by atoms with E-state index in [-0.39, 0.29) is 18.3 Å². The number of carbonyl (C=O) groups is 1. The number of ether oxygens (including phenoxy) is 2. The van der Waals surface area contributed by atoms with Crippen molar-refractivity contribution in [2.75, 3.05) is 26.8 Å². The van der Waals surface area contributed by atoms with Gasteiger partial charge in [-0.2, -0.15) is 0 Å². The third-order valence-electron chi connectivity index (χ3n) is 4.59. The summed E-state index contributed by atoms with van der Waals surface area (Å²) < 4.78 is 10.8. The zero-order valence-electron chi connectivity index (χ0n) is 13.5. The van der Waals surface area contributed by atoms with Gasteiger partial charge in [-0.05, 0) is 50.1 Å². The predicted octanol–water partition coefficient (Wildman–Crippen LogP) is 2.24. The normalized spacial score (nSPS) is 22.9. The molecule has 3 rings (SSSR count). The van der Waals surface area contributed by atoms with Crippen LogP contribution in [0, 0.1) is 0 Å². The fourth-order valence-electron chi connectivity index (χ4n) is 3.45. The van der Waals surface area contributed by atoms with Crippen LogP contribution in [0.15, 0.2) is 24.3 Å². The maximum atomic E-state index is 12.5. The molecule has 2 atom stereocenters. The zero-order valence-corrected chi connectivity index (χ0v) is 14.3. The van der Waals surface area contributed by atoms with Crippen molar-refractivity contribution in [1.82, 2.24) is 10.2 Å². The molecule has 0 radical (unpaired) electrons. The second-order valence-corrected chi connectivity index (χ2v) is 5.95. The molecule has 0 saturated carbocycles. The van der Waals surface area contributed by atoms with Crippen LogP contribution >= 0.6 is 12.4 Å². The Labute approximate surface area is 143 Å². The van der Waals surface area contributed by atoms with Gasteiger partial charge in [0.05, 0.1) is 20.1 Å². The van der Waals surface area contributed by atoms with E-state index in [9.17, 15) is 4.79 Å². The van der Waals surface area contributed by atoms with Gasteiger partial charge in [-0.15, -0.1) is 12.4 Å². The minimum Gasteiger partial charge on any atom is -0.497 e. The van der Waals surface area contributed by atoms with Crippen LogP contribution in [0.2, 0.25) is 0 Å². The largest absolute Gasteiger partial charge is 0.497 e. The summed E-state index contributed by atoms with van der Waals surface area (Å²) in [5.41, 5.74) is 0. The molecule has 2 bridgehead atoms. The highest BCUT2D eigenvalue weighted by Gasteiger charge is 2.37. The summed E-state index contributed by atoms with van der Waals surface area (Å²) in [6.45, 7) is 2.38. The number of hydrogen-bond acceptors (Lipinski definition) is 4. The topological polar surface area (TPSA) is 50.8 Å². The summed E-state index contributed by atoms with van der Waals surface area (Å²) in [5.74, 6) is 1.80. The molecule has 1 aromatic carbocycles. The first-order chi connectivity index (χ1) is 10.8. The molecule has 2 fully saturated rings. The summed E-state index contributed by atoms with van der Waals surface area (Å²) in [4.78, 5) is 14.6. The maximum absolute atomic E-state index is 12.5. The highest BCUT2D eigenvalue weighted by molar-refractivity contribution is 5.85. The Morgan fingerprint density at radius 2 is 1.87 bits per heavy atom. The number of nitrogens with zero attached hydrogens (tertiary/aromatic N) is 1. The number of hydrogen-bond donors (Lipinski definition) is 1. The molecule has 1 N–H and O–H groups in total. The molecule has 2 aliphatic heterocycles. The highest BCUT2D eigenvalue weighted by Crippen LogP contribution is 2.28. The van der Waals surface area contributed by atoms with Crippen LogP contribution in [-0.2, 0) is 4.79 Å². The molecule has 2 unspecified atom stereocenters. The van der Waals surface area contributed by atoms with Crippen molar-refractivity contribution in [2.45, 2.75) is 37.8 Å². The first-order valence-electron chi connectivity index (χ1n) is 8.06. The smallest absolute Gasteiger partial charge is 0.226 e. The first-order valence-corrected chi connectivity index (χ1v) is 8.06. The monoisotopic (exact) mass is 340 g/mol. The molecule has 1 aromatic rings. The molecule has 128 valence electrons. The summed E-state index contributed by atoms with van der Waals surface area (Å²) in [6.07, 6.45) is 3.79. The lowest BCUT2D eigenvalue weighted by atomic mass is 10.1. The summed E-state index contributed by atoms with van der Waals surface area (Å²) in [5, 5.41) is 3.42. The number of benzene rings is 1. The fourth-order valence-corrected chi connectivity index (χ4v) is 3.45. The molecule has 5 nitrogen and oxygen atoms in total. The van der Waals surface area contributed by atoms with E-state index in [0.717, 1.165) is 43.9 Å². The highest BCUT2D eigenvalue weighted by atomic mass is 35.5. The van der Waals surface area contributed by atoms with Crippen LogP contribution in [-0.4, -0.2) is 49.7 Å². The number of methoxy groups -OCH3 is 1. The summed E-state index contributed by atoms with van der Waals surface area (Å²) >= 11 is 0. The Morgan fingerprint density at radius 3 is 2.61 bits per heavy atom. The lowest BCUT2D eigenvalue weighted by Crippen LogP contribution is -2.42. The number of amides is 1. The molecule has 1 amide bonds. The first kappa shape index (κ1) is 17.9. The third kappa shape index (κ3) is 4.30. The molecule has 0 aliphatic carbocycles. The van der Waals surface area contributed by atoms with Gasteiger partial charge >= 0.3 is 0 Å². The second kappa shape index (κ2) is 8.41. The average Bonchev–Trinajstić information content (AvgIpc) is 2.81. The number of carbonyl (C=O) groups excluding carboxylic acids is 1. The average molecular weight is 341 g/mol. The fraction of sp³-hybridized carbons (Fsp3) is 0.588. The van der Waals surface area contributed by atoms with Crippen LogP contribution < -0.4 is 14.8 Å². The van der Waals surface area contributed by atoms with E-state index in [2.05, 4.69) is 10.2 Å². The lowest BCUT2D eigenvalue weighted by molar-refractivity contribution is -0.134. The van der Waals surface area contributed by atoms with Crippen molar-refractivity contribution < 1.29 is 14.3 Å². The van der Waals surface area contributed by atoms with Gasteiger partial charge < -0.3 is 19.7 Å². The standard InChI is InChI=1S/C17H24N2O3.ClH/c1-21-15-4-6-16(7-5-15)22-11-9-17(20)19-13-2-3-14(19)12-18-10-8-13;/h4-7,13-14,18H,2-3,8-12H2,1H3;1H. The molecular formula is C17H25ClN2O3. The Balaban J connectivity index is 0.00000192. The molecule has 2 saturated heterocycles. The van der Waals surface area contributed by atoms with E-state index in [1.165, 1.54) is 0 Å². The molecular weight excluding hydrogens is 316 g/mol. The van der Waals surface area contributed by atoms with Crippen LogP contribution in [0.1, 0.15) is 25.7 Å². The number of halogens is 1. The molecule has 6 heteroatoms. The van der Waals surface area contributed by atoms with Crippen molar-refractivity contribution in [3.8, 4) is 11.5 Å². The van der Waals surface area contributed by atoms with Crippen molar-refractivity contribution in [3.63, 3.8) is 0 Å². The van der Waals surface area contributed by atoms with Gasteiger partial charge in [0, 0.05) is 18.6 Å². The molecule has 0 aromatic heterocycles. The van der Waals surface area contributed by atoms with Gasteiger partial charge in [0.15, 0.2) is 0 Å². The van der Waals surface area contributed by atoms with Crippen LogP contribution in [0.25, 0.3) is 0 Å². The third-order valence-corrected chi connectivity index (χ3v) is 4.59. The molecule has 0 spiro atoms. The van der Waals surface area contributed by atoms with Gasteiger partial charge in [0.2, 0.25) is 5.91 Å². The Kier molecular flexibility index (Phi) is 6.54. The Bertz CT molecular complexity index is 495. The summed E-state index contributed by atoms with van der Waals surface area (Å²) in [6, 6.07) is 8.25. The van der Waals surface area contributed by atoms with Crippen LogP contribution in [0.5, 0.6) is 11.5 Å². The van der Waals surface area contributed by atoms with E-state index in [4.69, 9.17) is 9.47 Å². The predicted molar refractivity (Wildman–Crippen MR) is 91.5 cm³/mol. The van der Waals surface area contributed by atoms with Gasteiger partial charge in [0.1, 0.15) is 11.5 Å². The maximum Gasteiger partial charge on any atom is 0.226 e.